The van der Waals surface area contributed by atoms with Crippen molar-refractivity contribution < 1.29 is 9.59 Å². The summed E-state index contributed by atoms with van der Waals surface area (Å²) < 4.78 is 0. The van der Waals surface area contributed by atoms with Crippen LogP contribution < -0.4 is 5.32 Å². The zero-order valence-electron chi connectivity index (χ0n) is 15.4. The van der Waals surface area contributed by atoms with Crippen molar-refractivity contribution in [2.24, 2.45) is 5.92 Å². The molecule has 28 heavy (non-hydrogen) atoms. The molecular weight excluding hydrogens is 392 g/mol. The molecule has 0 saturated carbocycles. The van der Waals surface area contributed by atoms with Crippen molar-refractivity contribution in [3.8, 4) is 9.88 Å². The van der Waals surface area contributed by atoms with Gasteiger partial charge in [-0.25, -0.2) is 9.97 Å². The Morgan fingerprint density at radius 3 is 2.86 bits per heavy atom. The second-order valence-corrected chi connectivity index (χ2v) is 8.56. The summed E-state index contributed by atoms with van der Waals surface area (Å²) in [5.41, 5.74) is 1.30. The van der Waals surface area contributed by atoms with Gasteiger partial charge in [0, 0.05) is 24.2 Å². The summed E-state index contributed by atoms with van der Waals surface area (Å²) in [7, 11) is 0. The van der Waals surface area contributed by atoms with Crippen molar-refractivity contribution in [1.29, 1.82) is 0 Å². The zero-order chi connectivity index (χ0) is 19.5. The predicted octanol–water partition coefficient (Wildman–Crippen LogP) is 4.07. The second kappa shape index (κ2) is 8.20. The zero-order valence-corrected chi connectivity index (χ0v) is 17.1. The van der Waals surface area contributed by atoms with Gasteiger partial charge < -0.3 is 10.2 Å². The number of aromatic nitrogens is 2. The molecule has 1 N–H and O–H groups in total. The van der Waals surface area contributed by atoms with E-state index in [0.29, 0.717) is 24.6 Å². The monoisotopic (exact) mass is 412 g/mol. The molecule has 0 radical (unpaired) electrons. The Kier molecular flexibility index (Phi) is 5.50. The SMILES string of the molecule is Cc1cccc(NC(=O)C2CCCN(C(=O)c3csc(-c4cccs4)n3)C2)n1. The summed E-state index contributed by atoms with van der Waals surface area (Å²) in [4.78, 5) is 37.1. The van der Waals surface area contributed by atoms with Gasteiger partial charge in [-0.05, 0) is 43.3 Å². The van der Waals surface area contributed by atoms with Gasteiger partial charge in [-0.3, -0.25) is 9.59 Å². The standard InChI is InChI=1S/C20H20N4O2S2/c1-13-5-2-8-17(21-13)23-18(25)14-6-3-9-24(11-14)20(26)15-12-28-19(22-15)16-7-4-10-27-16/h2,4-5,7-8,10,12,14H,3,6,9,11H2,1H3,(H,21,23,25). The van der Waals surface area contributed by atoms with Gasteiger partial charge in [0.25, 0.3) is 5.91 Å². The Balaban J connectivity index is 1.42. The van der Waals surface area contributed by atoms with Crippen LogP contribution in [0, 0.1) is 12.8 Å². The van der Waals surface area contributed by atoms with Crippen LogP contribution in [0.3, 0.4) is 0 Å². The lowest BCUT2D eigenvalue weighted by Gasteiger charge is -2.31. The first-order valence-electron chi connectivity index (χ1n) is 9.13. The summed E-state index contributed by atoms with van der Waals surface area (Å²) in [6.45, 7) is 2.94. The number of rotatable bonds is 4. The van der Waals surface area contributed by atoms with Crippen LogP contribution in [0.15, 0.2) is 41.1 Å². The van der Waals surface area contributed by atoms with Crippen LogP contribution in [0.4, 0.5) is 5.82 Å². The highest BCUT2D eigenvalue weighted by Crippen LogP contribution is 2.29. The summed E-state index contributed by atoms with van der Waals surface area (Å²) in [6, 6.07) is 9.49. The Labute approximate surface area is 171 Å². The molecule has 3 aromatic heterocycles. The summed E-state index contributed by atoms with van der Waals surface area (Å²) >= 11 is 3.08. The molecule has 3 aromatic rings. The van der Waals surface area contributed by atoms with Crippen LogP contribution in [0.25, 0.3) is 9.88 Å². The minimum absolute atomic E-state index is 0.0897. The van der Waals surface area contributed by atoms with E-state index >= 15 is 0 Å². The Morgan fingerprint density at radius 1 is 1.18 bits per heavy atom. The maximum atomic E-state index is 12.9. The average molecular weight is 413 g/mol. The average Bonchev–Trinajstić information content (AvgIpc) is 3.39. The van der Waals surface area contributed by atoms with E-state index in [1.165, 1.54) is 11.3 Å². The highest BCUT2D eigenvalue weighted by atomic mass is 32.1. The molecule has 2 amide bonds. The maximum Gasteiger partial charge on any atom is 0.273 e. The van der Waals surface area contributed by atoms with Gasteiger partial charge >= 0.3 is 0 Å². The number of likely N-dealkylation sites (tertiary alicyclic amines) is 1. The summed E-state index contributed by atoms with van der Waals surface area (Å²) in [5, 5.41) is 7.53. The van der Waals surface area contributed by atoms with Gasteiger partial charge in [-0.1, -0.05) is 12.1 Å². The molecule has 6 nitrogen and oxygen atoms in total. The van der Waals surface area contributed by atoms with Crippen molar-refractivity contribution in [1.82, 2.24) is 14.9 Å². The minimum atomic E-state index is -0.240. The van der Waals surface area contributed by atoms with Gasteiger partial charge in [0.1, 0.15) is 16.5 Å². The van der Waals surface area contributed by atoms with Crippen LogP contribution in [0.1, 0.15) is 29.0 Å². The van der Waals surface area contributed by atoms with Crippen molar-refractivity contribution in [2.75, 3.05) is 18.4 Å². The molecule has 0 aliphatic carbocycles. The van der Waals surface area contributed by atoms with Crippen LogP contribution in [-0.4, -0.2) is 39.8 Å². The molecule has 1 atom stereocenters. The highest BCUT2D eigenvalue weighted by Gasteiger charge is 2.30. The number of nitrogens with zero attached hydrogens (tertiary/aromatic N) is 3. The number of hydrogen-bond acceptors (Lipinski definition) is 6. The first-order valence-corrected chi connectivity index (χ1v) is 10.9. The van der Waals surface area contributed by atoms with Crippen molar-refractivity contribution in [2.45, 2.75) is 19.8 Å². The third kappa shape index (κ3) is 4.13. The first kappa shape index (κ1) is 18.8. The fourth-order valence-electron chi connectivity index (χ4n) is 3.26. The van der Waals surface area contributed by atoms with Crippen LogP contribution in [-0.2, 0) is 4.79 Å². The van der Waals surface area contributed by atoms with Gasteiger partial charge in [-0.15, -0.1) is 22.7 Å². The fourth-order valence-corrected chi connectivity index (χ4v) is 4.87. The molecule has 0 bridgehead atoms. The molecule has 1 saturated heterocycles. The van der Waals surface area contributed by atoms with Crippen molar-refractivity contribution >= 4 is 40.3 Å². The molecule has 4 heterocycles. The normalized spacial score (nSPS) is 16.8. The lowest BCUT2D eigenvalue weighted by Crippen LogP contribution is -2.44. The Morgan fingerprint density at radius 2 is 2.07 bits per heavy atom. The molecule has 4 rings (SSSR count). The summed E-state index contributed by atoms with van der Waals surface area (Å²) in [6.07, 6.45) is 1.56. The number of carbonyl (C=O) groups excluding carboxylic acids is 2. The van der Waals surface area contributed by atoms with E-state index in [-0.39, 0.29) is 17.7 Å². The molecule has 144 valence electrons. The molecule has 1 aliphatic heterocycles. The van der Waals surface area contributed by atoms with E-state index in [4.69, 9.17) is 0 Å². The Bertz CT molecular complexity index is 984. The number of piperidine rings is 1. The molecule has 1 aliphatic rings. The Hall–Kier alpha value is -2.58. The fraction of sp³-hybridized carbons (Fsp3) is 0.300. The number of thiazole rings is 1. The van der Waals surface area contributed by atoms with E-state index in [2.05, 4.69) is 15.3 Å². The minimum Gasteiger partial charge on any atom is -0.336 e. The first-order chi connectivity index (χ1) is 13.6. The molecule has 8 heteroatoms. The second-order valence-electron chi connectivity index (χ2n) is 6.76. The third-order valence-corrected chi connectivity index (χ3v) is 6.56. The van der Waals surface area contributed by atoms with E-state index in [1.807, 2.05) is 36.6 Å². The topological polar surface area (TPSA) is 75.2 Å². The van der Waals surface area contributed by atoms with E-state index in [9.17, 15) is 9.59 Å². The molecule has 0 spiro atoms. The number of amides is 2. The quantitative estimate of drug-likeness (QED) is 0.701. The van der Waals surface area contributed by atoms with Gasteiger partial charge in [0.05, 0.1) is 10.8 Å². The van der Waals surface area contributed by atoms with E-state index < -0.39 is 0 Å². The number of aryl methyl sites for hydroxylation is 1. The van der Waals surface area contributed by atoms with Gasteiger partial charge in [0.15, 0.2) is 0 Å². The number of thiophene rings is 1. The van der Waals surface area contributed by atoms with E-state index in [1.54, 1.807) is 27.7 Å². The summed E-state index contributed by atoms with van der Waals surface area (Å²) in [5.74, 6) is 0.113. The van der Waals surface area contributed by atoms with Gasteiger partial charge in [0.2, 0.25) is 5.91 Å². The highest BCUT2D eigenvalue weighted by molar-refractivity contribution is 7.20. The molecule has 1 unspecified atom stereocenters. The van der Waals surface area contributed by atoms with Crippen LogP contribution >= 0.6 is 22.7 Å². The number of nitrogens with one attached hydrogen (secondary N) is 1. The largest absolute Gasteiger partial charge is 0.336 e. The van der Waals surface area contributed by atoms with Crippen LogP contribution in [0.2, 0.25) is 0 Å². The third-order valence-electron chi connectivity index (χ3n) is 4.67. The molecular formula is C20H20N4O2S2. The number of hydrogen-bond donors (Lipinski definition) is 1. The van der Waals surface area contributed by atoms with Crippen molar-refractivity contribution in [3.63, 3.8) is 0 Å². The van der Waals surface area contributed by atoms with Crippen molar-refractivity contribution in [3.05, 3.63) is 52.5 Å². The lowest BCUT2D eigenvalue weighted by atomic mass is 9.97. The van der Waals surface area contributed by atoms with Crippen LogP contribution in [0.5, 0.6) is 0 Å². The maximum absolute atomic E-state index is 12.9. The molecule has 0 aromatic carbocycles. The van der Waals surface area contributed by atoms with E-state index in [0.717, 1.165) is 28.4 Å². The number of carbonyl (C=O) groups is 2. The lowest BCUT2D eigenvalue weighted by molar-refractivity contribution is -0.121. The molecule has 1 fully saturated rings. The number of pyridine rings is 1. The predicted molar refractivity (Wildman–Crippen MR) is 112 cm³/mol. The van der Waals surface area contributed by atoms with Gasteiger partial charge in [-0.2, -0.15) is 0 Å². The number of anilines is 1. The smallest absolute Gasteiger partial charge is 0.273 e.